The summed E-state index contributed by atoms with van der Waals surface area (Å²) in [7, 11) is 0. The lowest BCUT2D eigenvalue weighted by molar-refractivity contribution is -0.380. The van der Waals surface area contributed by atoms with Crippen LogP contribution in [0.1, 0.15) is 4.88 Å². The lowest BCUT2D eigenvalue weighted by Crippen LogP contribution is -2.37. The Bertz CT molecular complexity index is 775. The molecule has 0 bridgehead atoms. The zero-order valence-electron chi connectivity index (χ0n) is 12.9. The highest BCUT2D eigenvalue weighted by atomic mass is 32.1. The lowest BCUT2D eigenvalue weighted by Gasteiger charge is -2.06. The fraction of sp³-hybridized carbons (Fsp3) is 0.133. The van der Waals surface area contributed by atoms with Crippen LogP contribution in [-0.2, 0) is 9.59 Å². The molecule has 10 heteroatoms. The van der Waals surface area contributed by atoms with Gasteiger partial charge in [0.1, 0.15) is 5.75 Å². The van der Waals surface area contributed by atoms with Crippen molar-refractivity contribution in [2.24, 2.45) is 5.10 Å². The number of ether oxygens (including phenoxy) is 1. The second-order valence-electron chi connectivity index (χ2n) is 4.60. The van der Waals surface area contributed by atoms with E-state index in [9.17, 15) is 19.7 Å². The minimum absolute atomic E-state index is 0.0153. The van der Waals surface area contributed by atoms with Gasteiger partial charge in [-0.2, -0.15) is 5.10 Å². The Morgan fingerprint density at radius 1 is 1.20 bits per heavy atom. The van der Waals surface area contributed by atoms with Crippen LogP contribution in [0.3, 0.4) is 0 Å². The summed E-state index contributed by atoms with van der Waals surface area (Å²) in [6, 6.07) is 11.7. The summed E-state index contributed by atoms with van der Waals surface area (Å²) in [5.41, 5.74) is 2.21. The molecule has 0 saturated carbocycles. The Morgan fingerprint density at radius 2 is 1.96 bits per heavy atom. The van der Waals surface area contributed by atoms with E-state index in [1.54, 1.807) is 24.3 Å². The molecule has 1 aromatic carbocycles. The maximum Gasteiger partial charge on any atom is 0.324 e. The molecule has 0 radical (unpaired) electrons. The van der Waals surface area contributed by atoms with Crippen LogP contribution in [0.25, 0.3) is 0 Å². The van der Waals surface area contributed by atoms with Crippen molar-refractivity contribution in [2.45, 2.75) is 0 Å². The summed E-state index contributed by atoms with van der Waals surface area (Å²) in [6.07, 6.45) is 1.29. The third kappa shape index (κ3) is 6.39. The Morgan fingerprint density at radius 3 is 2.64 bits per heavy atom. The minimum atomic E-state index is -0.532. The molecular weight excluding hydrogens is 348 g/mol. The van der Waals surface area contributed by atoms with Gasteiger partial charge >= 0.3 is 5.00 Å². The summed E-state index contributed by atoms with van der Waals surface area (Å²) in [5.74, 6) is -0.427. The first-order valence-corrected chi connectivity index (χ1v) is 7.87. The van der Waals surface area contributed by atoms with Crippen LogP contribution in [0, 0.1) is 10.1 Å². The first-order valence-electron chi connectivity index (χ1n) is 7.05. The largest absolute Gasteiger partial charge is 0.484 e. The number of benzene rings is 1. The van der Waals surface area contributed by atoms with Gasteiger partial charge in [0.15, 0.2) is 6.61 Å². The molecule has 9 nitrogen and oxygen atoms in total. The van der Waals surface area contributed by atoms with Crippen molar-refractivity contribution in [3.05, 3.63) is 57.5 Å². The first kappa shape index (κ1) is 18.1. The second-order valence-corrected chi connectivity index (χ2v) is 5.70. The highest BCUT2D eigenvalue weighted by Gasteiger charge is 2.08. The lowest BCUT2D eigenvalue weighted by atomic mass is 10.3. The maximum absolute atomic E-state index is 11.6. The molecule has 2 N–H and O–H groups in total. The van der Waals surface area contributed by atoms with Gasteiger partial charge in [0.2, 0.25) is 0 Å². The van der Waals surface area contributed by atoms with E-state index in [1.807, 2.05) is 6.07 Å². The molecular formula is C15H14N4O5S. The highest BCUT2D eigenvalue weighted by molar-refractivity contribution is 7.16. The van der Waals surface area contributed by atoms with E-state index in [0.29, 0.717) is 10.6 Å². The standard InChI is InChI=1S/C15H14N4O5S/c20-13(18-17-8-12-6-7-15(25-12)19(22)23)9-16-14(21)10-24-11-4-2-1-3-5-11/h1-8H,9-10H2,(H,16,21)(H,18,20)/b17-8-. The van der Waals surface area contributed by atoms with Gasteiger partial charge < -0.3 is 10.1 Å². The van der Waals surface area contributed by atoms with Crippen LogP contribution in [0.15, 0.2) is 47.6 Å². The molecule has 0 saturated heterocycles. The van der Waals surface area contributed by atoms with E-state index in [1.165, 1.54) is 18.3 Å². The quantitative estimate of drug-likeness (QED) is 0.416. The fourth-order valence-corrected chi connectivity index (χ4v) is 2.31. The SMILES string of the molecule is O=C(COc1ccccc1)NCC(=O)N/N=C\c1ccc([N+](=O)[O-])s1. The van der Waals surface area contributed by atoms with E-state index in [0.717, 1.165) is 11.3 Å². The number of para-hydroxylation sites is 1. The molecule has 0 unspecified atom stereocenters. The Kier molecular flexibility index (Phi) is 6.60. The maximum atomic E-state index is 11.6. The second kappa shape index (κ2) is 9.13. The fourth-order valence-electron chi connectivity index (χ4n) is 1.61. The number of hydrogen-bond acceptors (Lipinski definition) is 7. The molecule has 1 aromatic heterocycles. The number of nitrogens with one attached hydrogen (secondary N) is 2. The minimum Gasteiger partial charge on any atom is -0.484 e. The van der Waals surface area contributed by atoms with Crippen LogP contribution in [0.4, 0.5) is 5.00 Å². The van der Waals surface area contributed by atoms with Gasteiger partial charge in [0, 0.05) is 6.07 Å². The van der Waals surface area contributed by atoms with Gasteiger partial charge in [-0.05, 0) is 18.2 Å². The number of nitro groups is 1. The van der Waals surface area contributed by atoms with E-state index in [2.05, 4.69) is 15.8 Å². The zero-order chi connectivity index (χ0) is 18.1. The number of hydrogen-bond donors (Lipinski definition) is 2. The molecule has 0 fully saturated rings. The molecule has 0 atom stereocenters. The number of amides is 2. The van der Waals surface area contributed by atoms with Gasteiger partial charge in [-0.25, -0.2) is 5.43 Å². The van der Waals surface area contributed by atoms with Crippen molar-refractivity contribution in [3.63, 3.8) is 0 Å². The van der Waals surface area contributed by atoms with Gasteiger partial charge in [-0.3, -0.25) is 19.7 Å². The number of carbonyl (C=O) groups excluding carboxylic acids is 2. The topological polar surface area (TPSA) is 123 Å². The summed E-state index contributed by atoms with van der Waals surface area (Å²) in [5, 5.41) is 16.6. The van der Waals surface area contributed by atoms with E-state index >= 15 is 0 Å². The Labute approximate surface area is 146 Å². The normalized spacial score (nSPS) is 10.4. The number of hydrazone groups is 1. The van der Waals surface area contributed by atoms with Crippen molar-refractivity contribution < 1.29 is 19.2 Å². The summed E-state index contributed by atoms with van der Waals surface area (Å²) in [4.78, 5) is 33.7. The van der Waals surface area contributed by atoms with Crippen molar-refractivity contribution in [3.8, 4) is 5.75 Å². The zero-order valence-corrected chi connectivity index (χ0v) is 13.7. The summed E-state index contributed by atoms with van der Waals surface area (Å²) in [6.45, 7) is -0.474. The van der Waals surface area contributed by atoms with Crippen molar-refractivity contribution >= 4 is 34.4 Å². The number of rotatable bonds is 8. The van der Waals surface area contributed by atoms with Crippen molar-refractivity contribution in [1.29, 1.82) is 0 Å². The Balaban J connectivity index is 1.66. The molecule has 0 spiro atoms. The van der Waals surface area contributed by atoms with E-state index in [-0.39, 0.29) is 18.2 Å². The number of carbonyl (C=O) groups is 2. The molecule has 2 rings (SSSR count). The van der Waals surface area contributed by atoms with Gasteiger partial charge in [0.25, 0.3) is 11.8 Å². The van der Waals surface area contributed by atoms with E-state index in [4.69, 9.17) is 4.74 Å². The summed E-state index contributed by atoms with van der Waals surface area (Å²) >= 11 is 0.929. The van der Waals surface area contributed by atoms with Crippen molar-refractivity contribution in [2.75, 3.05) is 13.2 Å². The third-order valence-electron chi connectivity index (χ3n) is 2.73. The molecule has 2 amide bonds. The molecule has 25 heavy (non-hydrogen) atoms. The molecule has 130 valence electrons. The molecule has 1 heterocycles. The predicted molar refractivity (Wildman–Crippen MR) is 91.7 cm³/mol. The van der Waals surface area contributed by atoms with E-state index < -0.39 is 16.7 Å². The van der Waals surface area contributed by atoms with Crippen LogP contribution in [0.5, 0.6) is 5.75 Å². The van der Waals surface area contributed by atoms with Gasteiger partial charge in [-0.1, -0.05) is 29.5 Å². The van der Waals surface area contributed by atoms with Crippen LogP contribution in [0.2, 0.25) is 0 Å². The smallest absolute Gasteiger partial charge is 0.324 e. The number of thiophene rings is 1. The van der Waals surface area contributed by atoms with Crippen LogP contribution in [-0.4, -0.2) is 36.1 Å². The number of nitrogens with zero attached hydrogens (tertiary/aromatic N) is 2. The Hall–Kier alpha value is -3.27. The van der Waals surface area contributed by atoms with Gasteiger partial charge in [-0.15, -0.1) is 0 Å². The molecule has 0 aliphatic heterocycles. The third-order valence-corrected chi connectivity index (χ3v) is 3.70. The molecule has 0 aliphatic carbocycles. The molecule has 0 aliphatic rings. The average Bonchev–Trinajstić information content (AvgIpc) is 3.08. The highest BCUT2D eigenvalue weighted by Crippen LogP contribution is 2.22. The monoisotopic (exact) mass is 362 g/mol. The van der Waals surface area contributed by atoms with Gasteiger partial charge in [0.05, 0.1) is 22.6 Å². The van der Waals surface area contributed by atoms with Crippen molar-refractivity contribution in [1.82, 2.24) is 10.7 Å². The average molecular weight is 362 g/mol. The molecule has 2 aromatic rings. The van der Waals surface area contributed by atoms with Crippen LogP contribution < -0.4 is 15.5 Å². The predicted octanol–water partition coefficient (Wildman–Crippen LogP) is 1.30. The summed E-state index contributed by atoms with van der Waals surface area (Å²) < 4.78 is 5.23. The van der Waals surface area contributed by atoms with Crippen LogP contribution >= 0.6 is 11.3 Å². The first-order chi connectivity index (χ1) is 12.0.